The average molecular weight is 503 g/mol. The Morgan fingerprint density at radius 1 is 1.18 bits per heavy atom. The number of halogens is 4. The van der Waals surface area contributed by atoms with E-state index in [0.29, 0.717) is 5.02 Å². The number of urea groups is 1. The summed E-state index contributed by atoms with van der Waals surface area (Å²) in [6.07, 6.45) is -5.37. The van der Waals surface area contributed by atoms with Crippen molar-refractivity contribution in [2.45, 2.75) is 31.5 Å². The summed E-state index contributed by atoms with van der Waals surface area (Å²) in [6, 6.07) is 8.11. The SMILES string of the molecule is CCOC(=O)[C@@H]1[C@@H](c2ccc(OCc3ccc(Cl)cc3)c(OC)c2)NC(=O)N[C@@]1(O)C(F)(F)F. The van der Waals surface area contributed by atoms with Gasteiger partial charge in [0.1, 0.15) is 12.5 Å². The maximum absolute atomic E-state index is 13.8. The second-order valence-corrected chi connectivity index (χ2v) is 7.83. The lowest BCUT2D eigenvalue weighted by Gasteiger charge is -2.44. The molecule has 3 atom stereocenters. The first kappa shape index (κ1) is 25.4. The van der Waals surface area contributed by atoms with E-state index in [1.807, 2.05) is 0 Å². The summed E-state index contributed by atoms with van der Waals surface area (Å²) >= 11 is 5.86. The minimum absolute atomic E-state index is 0.0614. The minimum Gasteiger partial charge on any atom is -0.493 e. The fourth-order valence-electron chi connectivity index (χ4n) is 3.55. The highest BCUT2D eigenvalue weighted by Gasteiger charge is 2.67. The summed E-state index contributed by atoms with van der Waals surface area (Å²) in [6.45, 7) is 1.32. The molecule has 3 rings (SSSR count). The second-order valence-electron chi connectivity index (χ2n) is 7.40. The van der Waals surface area contributed by atoms with Crippen LogP contribution in [0.4, 0.5) is 18.0 Å². The molecule has 3 N–H and O–H groups in total. The van der Waals surface area contributed by atoms with E-state index in [4.69, 9.17) is 25.8 Å². The number of methoxy groups -OCH3 is 1. The number of esters is 1. The molecule has 0 saturated carbocycles. The molecular weight excluding hydrogens is 481 g/mol. The number of rotatable bonds is 7. The van der Waals surface area contributed by atoms with Gasteiger partial charge in [-0.15, -0.1) is 0 Å². The van der Waals surface area contributed by atoms with E-state index in [2.05, 4.69) is 5.32 Å². The molecule has 1 heterocycles. The van der Waals surface area contributed by atoms with Gasteiger partial charge in [0.15, 0.2) is 11.5 Å². The van der Waals surface area contributed by atoms with E-state index in [0.717, 1.165) is 5.56 Å². The van der Waals surface area contributed by atoms with E-state index in [1.165, 1.54) is 37.5 Å². The lowest BCUT2D eigenvalue weighted by atomic mass is 9.82. The molecule has 12 heteroatoms. The monoisotopic (exact) mass is 502 g/mol. The van der Waals surface area contributed by atoms with E-state index in [1.54, 1.807) is 24.3 Å². The van der Waals surface area contributed by atoms with Crippen LogP contribution in [-0.4, -0.2) is 42.7 Å². The number of carbonyl (C=O) groups excluding carboxylic acids is 2. The van der Waals surface area contributed by atoms with Crippen LogP contribution in [0.2, 0.25) is 5.02 Å². The van der Waals surface area contributed by atoms with Crippen molar-refractivity contribution >= 4 is 23.6 Å². The number of amides is 2. The van der Waals surface area contributed by atoms with Crippen LogP contribution in [0.1, 0.15) is 24.1 Å². The Morgan fingerprint density at radius 2 is 1.85 bits per heavy atom. The van der Waals surface area contributed by atoms with Crippen molar-refractivity contribution < 1.29 is 42.1 Å². The summed E-state index contributed by atoms with van der Waals surface area (Å²) in [5, 5.41) is 14.7. The number of aliphatic hydroxyl groups is 1. The van der Waals surface area contributed by atoms with Crippen molar-refractivity contribution in [3.8, 4) is 11.5 Å². The molecule has 0 radical (unpaired) electrons. The van der Waals surface area contributed by atoms with Crippen LogP contribution < -0.4 is 20.1 Å². The lowest BCUT2D eigenvalue weighted by molar-refractivity contribution is -0.294. The zero-order chi connectivity index (χ0) is 25.1. The fraction of sp³-hybridized carbons (Fsp3) is 0.364. The molecule has 0 unspecified atom stereocenters. The summed E-state index contributed by atoms with van der Waals surface area (Å²) in [4.78, 5) is 24.6. The predicted molar refractivity (Wildman–Crippen MR) is 114 cm³/mol. The van der Waals surface area contributed by atoms with Gasteiger partial charge in [0.05, 0.1) is 19.8 Å². The number of hydrogen-bond donors (Lipinski definition) is 3. The highest BCUT2D eigenvalue weighted by Crippen LogP contribution is 2.44. The molecule has 1 aliphatic rings. The third-order valence-electron chi connectivity index (χ3n) is 5.20. The Kier molecular flexibility index (Phi) is 7.47. The third-order valence-corrected chi connectivity index (χ3v) is 5.45. The standard InChI is InChI=1S/C22H22ClF3N2O6/c1-3-33-19(29)17-18(27-20(30)28-21(17,31)22(24,25)26)13-6-9-15(16(10-13)32-2)34-11-12-4-7-14(23)8-5-12/h4-10,17-18,31H,3,11H2,1-2H3,(H2,27,28,30)/t17-,18+,21-/m0/s1. The summed E-state index contributed by atoms with van der Waals surface area (Å²) in [7, 11) is 1.32. The molecule has 0 bridgehead atoms. The van der Waals surface area contributed by atoms with Crippen molar-refractivity contribution in [1.82, 2.24) is 10.6 Å². The predicted octanol–water partition coefficient (Wildman–Crippen LogP) is 3.71. The van der Waals surface area contributed by atoms with Gasteiger partial charge in [-0.3, -0.25) is 4.79 Å². The first-order valence-electron chi connectivity index (χ1n) is 10.1. The van der Waals surface area contributed by atoms with Gasteiger partial charge in [-0.25, -0.2) is 4.79 Å². The molecule has 1 aliphatic heterocycles. The zero-order valence-corrected chi connectivity index (χ0v) is 18.9. The van der Waals surface area contributed by atoms with Gasteiger partial charge in [-0.05, 0) is 42.3 Å². The number of alkyl halides is 3. The first-order valence-corrected chi connectivity index (χ1v) is 10.5. The molecular formula is C22H22ClF3N2O6. The van der Waals surface area contributed by atoms with Crippen molar-refractivity contribution in [3.63, 3.8) is 0 Å². The molecule has 0 spiro atoms. The first-order chi connectivity index (χ1) is 16.0. The fourth-order valence-corrected chi connectivity index (χ4v) is 3.68. The van der Waals surface area contributed by atoms with Crippen molar-refractivity contribution in [1.29, 1.82) is 0 Å². The van der Waals surface area contributed by atoms with Crippen LogP contribution in [0.5, 0.6) is 11.5 Å². The van der Waals surface area contributed by atoms with Crippen LogP contribution in [0.25, 0.3) is 0 Å². The minimum atomic E-state index is -5.37. The van der Waals surface area contributed by atoms with E-state index in [-0.39, 0.29) is 30.3 Å². The van der Waals surface area contributed by atoms with Crippen LogP contribution in [-0.2, 0) is 16.1 Å². The van der Waals surface area contributed by atoms with Gasteiger partial charge >= 0.3 is 18.2 Å². The highest BCUT2D eigenvalue weighted by molar-refractivity contribution is 6.30. The van der Waals surface area contributed by atoms with Gasteiger partial charge in [0.25, 0.3) is 5.72 Å². The maximum Gasteiger partial charge on any atom is 0.437 e. The van der Waals surface area contributed by atoms with Crippen molar-refractivity contribution in [3.05, 3.63) is 58.6 Å². The molecule has 0 aliphatic carbocycles. The quantitative estimate of drug-likeness (QED) is 0.498. The average Bonchev–Trinajstić information content (AvgIpc) is 2.77. The Morgan fingerprint density at radius 3 is 2.44 bits per heavy atom. The van der Waals surface area contributed by atoms with Gasteiger partial charge in [0.2, 0.25) is 0 Å². The molecule has 2 aromatic carbocycles. The van der Waals surface area contributed by atoms with Gasteiger partial charge in [-0.1, -0.05) is 29.8 Å². The van der Waals surface area contributed by atoms with Gasteiger partial charge in [0, 0.05) is 5.02 Å². The molecule has 1 fully saturated rings. The molecule has 2 amide bonds. The van der Waals surface area contributed by atoms with Crippen molar-refractivity contribution in [2.24, 2.45) is 5.92 Å². The number of benzene rings is 2. The topological polar surface area (TPSA) is 106 Å². The summed E-state index contributed by atoms with van der Waals surface area (Å²) in [5.74, 6) is -3.19. The molecule has 2 aromatic rings. The largest absolute Gasteiger partial charge is 0.493 e. The molecule has 184 valence electrons. The van der Waals surface area contributed by atoms with Gasteiger partial charge < -0.3 is 30.0 Å². The number of carbonyl (C=O) groups is 2. The Hall–Kier alpha value is -3.18. The van der Waals surface area contributed by atoms with Crippen LogP contribution in [0, 0.1) is 5.92 Å². The van der Waals surface area contributed by atoms with E-state index in [9.17, 15) is 27.9 Å². The van der Waals surface area contributed by atoms with Crippen LogP contribution >= 0.6 is 11.6 Å². The maximum atomic E-state index is 13.8. The highest BCUT2D eigenvalue weighted by atomic mass is 35.5. The van der Waals surface area contributed by atoms with E-state index >= 15 is 0 Å². The smallest absolute Gasteiger partial charge is 0.437 e. The second kappa shape index (κ2) is 9.98. The van der Waals surface area contributed by atoms with Crippen LogP contribution in [0.3, 0.4) is 0 Å². The molecule has 1 saturated heterocycles. The summed E-state index contributed by atoms with van der Waals surface area (Å²) in [5.41, 5.74) is -2.99. The summed E-state index contributed by atoms with van der Waals surface area (Å²) < 4.78 is 57.2. The normalized spacial score (nSPS) is 22.4. The number of nitrogens with one attached hydrogen (secondary N) is 2. The Balaban J connectivity index is 1.95. The van der Waals surface area contributed by atoms with Crippen LogP contribution in [0.15, 0.2) is 42.5 Å². The Labute approximate surface area is 197 Å². The molecule has 0 aromatic heterocycles. The Bertz CT molecular complexity index is 1050. The number of hydrogen-bond acceptors (Lipinski definition) is 6. The molecule has 8 nitrogen and oxygen atoms in total. The molecule has 34 heavy (non-hydrogen) atoms. The zero-order valence-electron chi connectivity index (χ0n) is 18.1. The lowest BCUT2D eigenvalue weighted by Crippen LogP contribution is -2.73. The van der Waals surface area contributed by atoms with E-state index < -0.39 is 35.9 Å². The third kappa shape index (κ3) is 5.15. The van der Waals surface area contributed by atoms with Gasteiger partial charge in [-0.2, -0.15) is 13.2 Å². The number of ether oxygens (including phenoxy) is 3. The van der Waals surface area contributed by atoms with Crippen molar-refractivity contribution in [2.75, 3.05) is 13.7 Å².